The predicted octanol–water partition coefficient (Wildman–Crippen LogP) is 5.05. The van der Waals surface area contributed by atoms with E-state index in [9.17, 15) is 4.79 Å². The van der Waals surface area contributed by atoms with Crippen molar-refractivity contribution in [2.45, 2.75) is 12.8 Å². The lowest BCUT2D eigenvalue weighted by Gasteiger charge is -2.17. The number of hydrogen-bond donors (Lipinski definition) is 2. The van der Waals surface area contributed by atoms with Gasteiger partial charge >= 0.3 is 0 Å². The Labute approximate surface area is 204 Å². The van der Waals surface area contributed by atoms with E-state index in [4.69, 9.17) is 17.3 Å². The van der Waals surface area contributed by atoms with Gasteiger partial charge in [-0.15, -0.1) is 0 Å². The third kappa shape index (κ3) is 5.35. The standard InChI is InChI=1S/C27H26ClN5O/c1-17(20-11-10-19-6-4-5-7-21(19)15-20)30-22-12-8-18(9-13-22)14-25-31-26(28)23(16-24(29)34)27(32-25)33(2)3/h4-13,15,30H,1,14,16H2,2-3H3,(H2,29,34). The van der Waals surface area contributed by atoms with Crippen molar-refractivity contribution in [1.82, 2.24) is 9.97 Å². The van der Waals surface area contributed by atoms with Gasteiger partial charge in [0.25, 0.3) is 0 Å². The van der Waals surface area contributed by atoms with Crippen LogP contribution in [0.1, 0.15) is 22.5 Å². The highest BCUT2D eigenvalue weighted by Gasteiger charge is 2.17. The van der Waals surface area contributed by atoms with Crippen LogP contribution in [-0.2, 0) is 17.6 Å². The van der Waals surface area contributed by atoms with Crippen molar-refractivity contribution < 1.29 is 4.79 Å². The molecule has 4 rings (SSSR count). The molecule has 0 aliphatic heterocycles. The molecule has 34 heavy (non-hydrogen) atoms. The Hall–Kier alpha value is -3.90. The van der Waals surface area contributed by atoms with Gasteiger partial charge in [-0.3, -0.25) is 4.79 Å². The van der Waals surface area contributed by atoms with Crippen LogP contribution < -0.4 is 16.0 Å². The van der Waals surface area contributed by atoms with Crippen molar-refractivity contribution in [3.63, 3.8) is 0 Å². The van der Waals surface area contributed by atoms with Crippen molar-refractivity contribution in [3.05, 3.63) is 101 Å². The van der Waals surface area contributed by atoms with E-state index in [0.717, 1.165) is 22.5 Å². The summed E-state index contributed by atoms with van der Waals surface area (Å²) in [5, 5.41) is 6.00. The van der Waals surface area contributed by atoms with Crippen LogP contribution in [0, 0.1) is 0 Å². The van der Waals surface area contributed by atoms with Crippen LogP contribution >= 0.6 is 11.6 Å². The number of benzene rings is 3. The van der Waals surface area contributed by atoms with Crippen LogP contribution in [0.4, 0.5) is 11.5 Å². The fraction of sp³-hybridized carbons (Fsp3) is 0.148. The number of anilines is 2. The number of primary amides is 1. The Balaban J connectivity index is 1.48. The molecule has 0 saturated carbocycles. The number of nitrogens with one attached hydrogen (secondary N) is 1. The first-order chi connectivity index (χ1) is 16.3. The van der Waals surface area contributed by atoms with Crippen LogP contribution in [0.25, 0.3) is 16.5 Å². The molecular weight excluding hydrogens is 446 g/mol. The first-order valence-corrected chi connectivity index (χ1v) is 11.2. The minimum atomic E-state index is -0.477. The highest BCUT2D eigenvalue weighted by Crippen LogP contribution is 2.26. The molecule has 0 saturated heterocycles. The number of aromatic nitrogens is 2. The highest BCUT2D eigenvalue weighted by molar-refractivity contribution is 6.30. The molecular formula is C27H26ClN5O. The first kappa shape index (κ1) is 23.3. The van der Waals surface area contributed by atoms with Gasteiger partial charge in [0, 0.05) is 37.5 Å². The number of halogens is 1. The van der Waals surface area contributed by atoms with Crippen molar-refractivity contribution in [2.24, 2.45) is 5.73 Å². The smallest absolute Gasteiger partial charge is 0.222 e. The van der Waals surface area contributed by atoms with Gasteiger partial charge in [-0.1, -0.05) is 66.7 Å². The Morgan fingerprint density at radius 3 is 2.41 bits per heavy atom. The van der Waals surface area contributed by atoms with Gasteiger partial charge in [-0.2, -0.15) is 0 Å². The zero-order chi connectivity index (χ0) is 24.2. The Morgan fingerprint density at radius 1 is 1.03 bits per heavy atom. The first-order valence-electron chi connectivity index (χ1n) is 10.8. The van der Waals surface area contributed by atoms with Crippen LogP contribution in [0.5, 0.6) is 0 Å². The van der Waals surface area contributed by atoms with Crippen molar-refractivity contribution in [3.8, 4) is 0 Å². The van der Waals surface area contributed by atoms with E-state index in [1.54, 1.807) is 4.90 Å². The topological polar surface area (TPSA) is 84.1 Å². The summed E-state index contributed by atoms with van der Waals surface area (Å²) in [6.07, 6.45) is 0.497. The molecule has 0 unspecified atom stereocenters. The van der Waals surface area contributed by atoms with Crippen LogP contribution in [0.3, 0.4) is 0 Å². The molecule has 1 aromatic heterocycles. The van der Waals surface area contributed by atoms with Crippen molar-refractivity contribution >= 4 is 45.5 Å². The second-order valence-electron chi connectivity index (χ2n) is 8.31. The normalized spacial score (nSPS) is 10.8. The van der Waals surface area contributed by atoms with Crippen molar-refractivity contribution in [1.29, 1.82) is 0 Å². The van der Waals surface area contributed by atoms with Gasteiger partial charge in [0.05, 0.1) is 6.42 Å². The average molecular weight is 472 g/mol. The second kappa shape index (κ2) is 9.93. The molecule has 4 aromatic rings. The molecule has 3 N–H and O–H groups in total. The number of carbonyl (C=O) groups excluding carboxylic acids is 1. The minimum Gasteiger partial charge on any atom is -0.369 e. The zero-order valence-corrected chi connectivity index (χ0v) is 19.9. The molecule has 0 bridgehead atoms. The number of fused-ring (bicyclic) bond motifs is 1. The van der Waals surface area contributed by atoms with Crippen LogP contribution in [-0.4, -0.2) is 30.0 Å². The van der Waals surface area contributed by atoms with Gasteiger partial charge in [0.15, 0.2) is 0 Å². The third-order valence-corrected chi connectivity index (χ3v) is 5.78. The number of amides is 1. The molecule has 0 spiro atoms. The van der Waals surface area contributed by atoms with Gasteiger partial charge < -0.3 is 16.0 Å². The van der Waals surface area contributed by atoms with Crippen LogP contribution in [0.2, 0.25) is 5.15 Å². The lowest BCUT2D eigenvalue weighted by atomic mass is 10.1. The Bertz CT molecular complexity index is 1370. The number of nitrogens with zero attached hydrogens (tertiary/aromatic N) is 3. The molecule has 7 heteroatoms. The van der Waals surface area contributed by atoms with Gasteiger partial charge in [0.1, 0.15) is 16.8 Å². The zero-order valence-electron chi connectivity index (χ0n) is 19.2. The summed E-state index contributed by atoms with van der Waals surface area (Å²) in [5.74, 6) is 0.691. The molecule has 1 heterocycles. The quantitative estimate of drug-likeness (QED) is 0.351. The molecule has 6 nitrogen and oxygen atoms in total. The number of carbonyl (C=O) groups is 1. The van der Waals surface area contributed by atoms with E-state index >= 15 is 0 Å². The van der Waals surface area contributed by atoms with E-state index < -0.39 is 5.91 Å². The summed E-state index contributed by atoms with van der Waals surface area (Å²) in [6, 6.07) is 22.6. The monoisotopic (exact) mass is 471 g/mol. The molecule has 172 valence electrons. The molecule has 0 fully saturated rings. The molecule has 0 radical (unpaired) electrons. The van der Waals surface area contributed by atoms with E-state index in [-0.39, 0.29) is 11.6 Å². The largest absolute Gasteiger partial charge is 0.369 e. The van der Waals surface area contributed by atoms with Crippen LogP contribution in [0.15, 0.2) is 73.3 Å². The third-order valence-electron chi connectivity index (χ3n) is 5.47. The van der Waals surface area contributed by atoms with E-state index in [2.05, 4.69) is 52.2 Å². The number of hydrogen-bond acceptors (Lipinski definition) is 5. The van der Waals surface area contributed by atoms with E-state index in [1.165, 1.54) is 10.8 Å². The molecule has 0 aliphatic rings. The fourth-order valence-corrected chi connectivity index (χ4v) is 4.02. The lowest BCUT2D eigenvalue weighted by molar-refractivity contribution is -0.117. The summed E-state index contributed by atoms with van der Waals surface area (Å²) in [4.78, 5) is 22.2. The van der Waals surface area contributed by atoms with E-state index in [1.807, 2.05) is 50.5 Å². The van der Waals surface area contributed by atoms with Gasteiger partial charge in [-0.25, -0.2) is 9.97 Å². The van der Waals surface area contributed by atoms with Gasteiger partial charge in [0.2, 0.25) is 5.91 Å². The fourth-order valence-electron chi connectivity index (χ4n) is 3.77. The summed E-state index contributed by atoms with van der Waals surface area (Å²) >= 11 is 6.36. The average Bonchev–Trinajstić information content (AvgIpc) is 2.81. The molecule has 3 aromatic carbocycles. The SMILES string of the molecule is C=C(Nc1ccc(Cc2nc(Cl)c(CC(N)=O)c(N(C)C)n2)cc1)c1ccc2ccccc2c1. The highest BCUT2D eigenvalue weighted by atomic mass is 35.5. The summed E-state index contributed by atoms with van der Waals surface area (Å²) < 4.78 is 0. The number of nitrogens with two attached hydrogens (primary N) is 1. The Kier molecular flexibility index (Phi) is 6.80. The number of rotatable bonds is 8. The maximum Gasteiger partial charge on any atom is 0.222 e. The van der Waals surface area contributed by atoms with E-state index in [0.29, 0.717) is 23.6 Å². The summed E-state index contributed by atoms with van der Waals surface area (Å²) in [6.45, 7) is 4.20. The van der Waals surface area contributed by atoms with Crippen molar-refractivity contribution in [2.75, 3.05) is 24.3 Å². The lowest BCUT2D eigenvalue weighted by Crippen LogP contribution is -2.20. The summed E-state index contributed by atoms with van der Waals surface area (Å²) in [7, 11) is 3.69. The molecule has 1 amide bonds. The maximum absolute atomic E-state index is 11.4. The van der Waals surface area contributed by atoms with Gasteiger partial charge in [-0.05, 0) is 40.1 Å². The Morgan fingerprint density at radius 2 is 1.74 bits per heavy atom. The summed E-state index contributed by atoms with van der Waals surface area (Å²) in [5.41, 5.74) is 9.72. The molecule has 0 atom stereocenters. The molecule has 0 aliphatic carbocycles. The maximum atomic E-state index is 11.4. The second-order valence-corrected chi connectivity index (χ2v) is 8.67. The predicted molar refractivity (Wildman–Crippen MR) is 140 cm³/mol. The minimum absolute atomic E-state index is 0.00587.